The molecule has 1 fully saturated rings. The van der Waals surface area contributed by atoms with Crippen molar-refractivity contribution < 1.29 is 18.0 Å². The van der Waals surface area contributed by atoms with Gasteiger partial charge in [0, 0.05) is 23.8 Å². The summed E-state index contributed by atoms with van der Waals surface area (Å²) in [6.07, 6.45) is -3.26. The Bertz CT molecular complexity index is 1040. The smallest absolute Gasteiger partial charge is 0.354 e. The van der Waals surface area contributed by atoms with Gasteiger partial charge >= 0.3 is 6.18 Å². The molecule has 1 aliphatic rings. The molecule has 1 aromatic carbocycles. The third kappa shape index (κ3) is 4.12. The van der Waals surface area contributed by atoms with Crippen molar-refractivity contribution in [1.82, 2.24) is 19.8 Å². The summed E-state index contributed by atoms with van der Waals surface area (Å²) in [6.45, 7) is 0.939. The number of nitrogens with one attached hydrogen (secondary N) is 1. The lowest BCUT2D eigenvalue weighted by Gasteiger charge is -2.32. The number of aromatic nitrogens is 4. The molecule has 7 nitrogen and oxygen atoms in total. The third-order valence-electron chi connectivity index (χ3n) is 4.73. The third-order valence-corrected chi connectivity index (χ3v) is 4.98. The van der Waals surface area contributed by atoms with E-state index in [1.54, 1.807) is 35.2 Å². The molecule has 1 aliphatic heterocycles. The van der Waals surface area contributed by atoms with Crippen LogP contribution in [0.4, 0.5) is 24.7 Å². The second-order valence-electron chi connectivity index (χ2n) is 6.76. The number of piperidine rings is 1. The number of rotatable bonds is 3. The lowest BCUT2D eigenvalue weighted by Crippen LogP contribution is -2.41. The fourth-order valence-electron chi connectivity index (χ4n) is 3.30. The molecule has 1 N–H and O–H groups in total. The van der Waals surface area contributed by atoms with Crippen LogP contribution >= 0.6 is 11.6 Å². The van der Waals surface area contributed by atoms with Crippen molar-refractivity contribution in [3.8, 4) is 0 Å². The molecule has 11 heteroatoms. The first kappa shape index (κ1) is 19.4. The molecule has 0 saturated carbocycles. The Morgan fingerprint density at radius 1 is 1.14 bits per heavy atom. The highest BCUT2D eigenvalue weighted by molar-refractivity contribution is 6.30. The highest BCUT2D eigenvalue weighted by atomic mass is 35.5. The van der Waals surface area contributed by atoms with Crippen molar-refractivity contribution in [2.45, 2.75) is 19.0 Å². The van der Waals surface area contributed by atoms with Gasteiger partial charge in [-0.3, -0.25) is 4.79 Å². The van der Waals surface area contributed by atoms with Gasteiger partial charge in [0.05, 0.1) is 5.92 Å². The van der Waals surface area contributed by atoms with Gasteiger partial charge in [0.15, 0.2) is 5.65 Å². The van der Waals surface area contributed by atoms with Crippen molar-refractivity contribution in [1.29, 1.82) is 0 Å². The van der Waals surface area contributed by atoms with Gasteiger partial charge in [-0.1, -0.05) is 11.6 Å². The summed E-state index contributed by atoms with van der Waals surface area (Å²) in [5, 5.41) is 14.2. The molecule has 3 heterocycles. The number of halogens is 4. The minimum atomic E-state index is -4.66. The predicted octanol–water partition coefficient (Wildman–Crippen LogP) is 3.65. The van der Waals surface area contributed by atoms with E-state index < -0.39 is 12.0 Å². The largest absolute Gasteiger partial charge is 0.453 e. The Kier molecular flexibility index (Phi) is 5.03. The zero-order valence-corrected chi connectivity index (χ0v) is 15.8. The number of hydrogen-bond donors (Lipinski definition) is 1. The van der Waals surface area contributed by atoms with E-state index in [1.807, 2.05) is 0 Å². The van der Waals surface area contributed by atoms with Gasteiger partial charge in [-0.25, -0.2) is 0 Å². The van der Waals surface area contributed by atoms with Crippen LogP contribution in [-0.4, -0.2) is 38.8 Å². The van der Waals surface area contributed by atoms with Crippen molar-refractivity contribution >= 4 is 34.7 Å². The Morgan fingerprint density at radius 2 is 1.90 bits per heavy atom. The Hall–Kier alpha value is -2.88. The fraction of sp³-hybridized carbons (Fsp3) is 0.333. The van der Waals surface area contributed by atoms with Crippen LogP contribution < -0.4 is 10.2 Å². The minimum absolute atomic E-state index is 0.00937. The van der Waals surface area contributed by atoms with Gasteiger partial charge in [-0.05, 0) is 49.2 Å². The van der Waals surface area contributed by atoms with Crippen LogP contribution in [-0.2, 0) is 11.0 Å². The lowest BCUT2D eigenvalue weighted by atomic mass is 9.97. The average Bonchev–Trinajstić information content (AvgIpc) is 3.13. The number of alkyl halides is 3. The Morgan fingerprint density at radius 3 is 2.62 bits per heavy atom. The summed E-state index contributed by atoms with van der Waals surface area (Å²) < 4.78 is 39.9. The number of fused-ring (bicyclic) bond motifs is 1. The van der Waals surface area contributed by atoms with Gasteiger partial charge in [-0.15, -0.1) is 15.3 Å². The number of benzene rings is 1. The SMILES string of the molecule is O=C(Nc1ccc(Cl)cc1)[C@H]1CCCN(c2ccc3nnc(C(F)(F)F)n3n2)C1. The number of anilines is 2. The summed E-state index contributed by atoms with van der Waals surface area (Å²) in [4.78, 5) is 14.4. The van der Waals surface area contributed by atoms with Crippen molar-refractivity contribution in [2.75, 3.05) is 23.3 Å². The monoisotopic (exact) mass is 424 g/mol. The number of nitrogens with zero attached hydrogens (tertiary/aromatic N) is 5. The van der Waals surface area contributed by atoms with Crippen LogP contribution in [0.1, 0.15) is 18.7 Å². The predicted molar refractivity (Wildman–Crippen MR) is 101 cm³/mol. The number of hydrogen-bond acceptors (Lipinski definition) is 5. The van der Waals surface area contributed by atoms with E-state index in [4.69, 9.17) is 11.6 Å². The maximum atomic E-state index is 13.1. The summed E-state index contributed by atoms with van der Waals surface area (Å²) in [5.41, 5.74) is 0.644. The molecule has 2 aromatic heterocycles. The summed E-state index contributed by atoms with van der Waals surface area (Å²) >= 11 is 5.85. The zero-order valence-electron chi connectivity index (χ0n) is 15.0. The summed E-state index contributed by atoms with van der Waals surface area (Å²) in [7, 11) is 0. The van der Waals surface area contributed by atoms with Gasteiger partial charge in [0.1, 0.15) is 5.82 Å². The Labute approximate surface area is 168 Å². The van der Waals surface area contributed by atoms with E-state index in [2.05, 4.69) is 20.6 Å². The minimum Gasteiger partial charge on any atom is -0.354 e. The molecule has 29 heavy (non-hydrogen) atoms. The number of carbonyl (C=O) groups is 1. The standard InChI is InChI=1S/C18H16ClF3N6O/c19-12-3-5-13(6-4-12)23-16(29)11-2-1-9-27(10-11)15-8-7-14-24-25-17(18(20,21)22)28(14)26-15/h3-8,11H,1-2,9-10H2,(H,23,29)/t11-/m0/s1. The first-order chi connectivity index (χ1) is 13.8. The maximum Gasteiger partial charge on any atom is 0.453 e. The quantitative estimate of drug-likeness (QED) is 0.694. The Balaban J connectivity index is 1.52. The molecule has 3 aromatic rings. The highest BCUT2D eigenvalue weighted by Crippen LogP contribution is 2.29. The van der Waals surface area contributed by atoms with Crippen LogP contribution in [0, 0.1) is 5.92 Å². The maximum absolute atomic E-state index is 13.1. The molecule has 0 radical (unpaired) electrons. The molecular formula is C18H16ClF3N6O. The molecule has 0 spiro atoms. The molecule has 1 amide bonds. The average molecular weight is 425 g/mol. The van der Waals surface area contributed by atoms with E-state index in [-0.39, 0.29) is 17.5 Å². The molecule has 0 aliphatic carbocycles. The van der Waals surface area contributed by atoms with Crippen LogP contribution in [0.25, 0.3) is 5.65 Å². The molecule has 152 valence electrons. The lowest BCUT2D eigenvalue weighted by molar-refractivity contribution is -0.146. The van der Waals surface area contributed by atoms with Crippen LogP contribution in [0.2, 0.25) is 5.02 Å². The van der Waals surface area contributed by atoms with Crippen molar-refractivity contribution in [2.24, 2.45) is 5.92 Å². The zero-order chi connectivity index (χ0) is 20.6. The van der Waals surface area contributed by atoms with E-state index in [9.17, 15) is 18.0 Å². The van der Waals surface area contributed by atoms with Gasteiger partial charge < -0.3 is 10.2 Å². The summed E-state index contributed by atoms with van der Waals surface area (Å²) in [6, 6.07) is 9.80. The number of carbonyl (C=O) groups excluding carboxylic acids is 1. The van der Waals surface area contributed by atoms with E-state index >= 15 is 0 Å². The molecule has 1 saturated heterocycles. The molecular weight excluding hydrogens is 409 g/mol. The van der Waals surface area contributed by atoms with Gasteiger partial charge in [0.25, 0.3) is 5.82 Å². The first-order valence-electron chi connectivity index (χ1n) is 8.92. The van der Waals surface area contributed by atoms with Gasteiger partial charge in [-0.2, -0.15) is 17.7 Å². The van der Waals surface area contributed by atoms with Crippen LogP contribution in [0.15, 0.2) is 36.4 Å². The topological polar surface area (TPSA) is 75.4 Å². The van der Waals surface area contributed by atoms with E-state index in [0.717, 1.165) is 0 Å². The van der Waals surface area contributed by atoms with Crippen molar-refractivity contribution in [3.63, 3.8) is 0 Å². The fourth-order valence-corrected chi connectivity index (χ4v) is 3.43. The normalized spacial score (nSPS) is 17.5. The first-order valence-corrected chi connectivity index (χ1v) is 9.30. The molecule has 1 atom stereocenters. The van der Waals surface area contributed by atoms with Crippen molar-refractivity contribution in [3.05, 3.63) is 47.2 Å². The molecule has 0 unspecified atom stereocenters. The van der Waals surface area contributed by atoms with E-state index in [0.29, 0.717) is 47.0 Å². The van der Waals surface area contributed by atoms with Crippen LogP contribution in [0.3, 0.4) is 0 Å². The second kappa shape index (κ2) is 7.51. The van der Waals surface area contributed by atoms with Gasteiger partial charge in [0.2, 0.25) is 5.91 Å². The highest BCUT2D eigenvalue weighted by Gasteiger charge is 2.38. The van der Waals surface area contributed by atoms with Crippen LogP contribution in [0.5, 0.6) is 0 Å². The summed E-state index contributed by atoms with van der Waals surface area (Å²) in [5.74, 6) is -1.31. The second-order valence-corrected chi connectivity index (χ2v) is 7.20. The molecule has 4 rings (SSSR count). The number of amides is 1. The molecule has 0 bridgehead atoms. The van der Waals surface area contributed by atoms with E-state index in [1.165, 1.54) is 6.07 Å².